The van der Waals surface area contributed by atoms with Crippen LogP contribution in [-0.2, 0) is 23.8 Å². The average molecular weight is 295 g/mol. The first-order chi connectivity index (χ1) is 7.47. The zero-order chi connectivity index (χ0) is 12.1. The van der Waals surface area contributed by atoms with Gasteiger partial charge >= 0.3 is 11.9 Å². The second-order valence-electron chi connectivity index (χ2n) is 3.67. The van der Waals surface area contributed by atoms with Crippen molar-refractivity contribution in [2.24, 2.45) is 0 Å². The van der Waals surface area contributed by atoms with Crippen LogP contribution in [0.5, 0.6) is 0 Å². The quantitative estimate of drug-likeness (QED) is 0.581. The Morgan fingerprint density at radius 2 is 2.00 bits per heavy atom. The lowest BCUT2D eigenvalue weighted by atomic mass is 10.1. The zero-order valence-corrected chi connectivity index (χ0v) is 10.9. The number of esters is 2. The lowest BCUT2D eigenvalue weighted by Crippen LogP contribution is -2.38. The molecule has 6 heteroatoms. The van der Waals surface area contributed by atoms with E-state index in [-0.39, 0.29) is 35.8 Å². The van der Waals surface area contributed by atoms with Crippen LogP contribution in [0.2, 0.25) is 0 Å². The van der Waals surface area contributed by atoms with Gasteiger partial charge in [0.1, 0.15) is 17.7 Å². The van der Waals surface area contributed by atoms with Crippen LogP contribution >= 0.6 is 15.9 Å². The normalized spacial score (nSPS) is 29.6. The van der Waals surface area contributed by atoms with E-state index in [2.05, 4.69) is 15.9 Å². The van der Waals surface area contributed by atoms with E-state index >= 15 is 0 Å². The maximum atomic E-state index is 10.8. The number of halogens is 1. The average Bonchev–Trinajstić information content (AvgIpc) is 2.12. The van der Waals surface area contributed by atoms with Crippen molar-refractivity contribution in [1.29, 1.82) is 0 Å². The molecule has 1 aliphatic heterocycles. The summed E-state index contributed by atoms with van der Waals surface area (Å²) in [4.78, 5) is 21.5. The number of alkyl halides is 1. The Labute approximate surface area is 103 Å². The van der Waals surface area contributed by atoms with Gasteiger partial charge in [0.25, 0.3) is 0 Å². The Balaban J connectivity index is 2.40. The number of hydrogen-bond donors (Lipinski definition) is 0. The molecule has 3 atom stereocenters. The van der Waals surface area contributed by atoms with Crippen LogP contribution in [0.1, 0.15) is 26.7 Å². The van der Waals surface area contributed by atoms with E-state index in [1.807, 2.05) is 0 Å². The molecule has 0 aromatic rings. The van der Waals surface area contributed by atoms with Crippen LogP contribution in [0.25, 0.3) is 0 Å². The minimum absolute atomic E-state index is 0.175. The van der Waals surface area contributed by atoms with Gasteiger partial charge < -0.3 is 14.2 Å². The van der Waals surface area contributed by atoms with Crippen LogP contribution in [0.15, 0.2) is 0 Å². The summed E-state index contributed by atoms with van der Waals surface area (Å²) in [6.07, 6.45) is 0.744. The highest BCUT2D eigenvalue weighted by Crippen LogP contribution is 2.25. The molecule has 1 aliphatic rings. The summed E-state index contributed by atoms with van der Waals surface area (Å²) in [5, 5.41) is -0.175. The summed E-state index contributed by atoms with van der Waals surface area (Å²) in [5.41, 5.74) is 0. The Morgan fingerprint density at radius 3 is 2.56 bits per heavy atom. The molecule has 0 spiro atoms. The monoisotopic (exact) mass is 294 g/mol. The third kappa shape index (κ3) is 4.94. The first-order valence-electron chi connectivity index (χ1n) is 5.07. The van der Waals surface area contributed by atoms with E-state index in [0.29, 0.717) is 12.8 Å². The summed E-state index contributed by atoms with van der Waals surface area (Å²) in [5.74, 6) is -0.651. The van der Waals surface area contributed by atoms with Crippen LogP contribution < -0.4 is 0 Å². The molecule has 0 N–H and O–H groups in total. The summed E-state index contributed by atoms with van der Waals surface area (Å²) in [6.45, 7) is 2.91. The largest absolute Gasteiger partial charge is 0.463 e. The van der Waals surface area contributed by atoms with Gasteiger partial charge in [0.15, 0.2) is 0 Å². The van der Waals surface area contributed by atoms with Crippen molar-refractivity contribution in [3.8, 4) is 0 Å². The molecule has 0 bridgehead atoms. The molecule has 1 fully saturated rings. The van der Waals surface area contributed by atoms with Gasteiger partial charge in [-0.25, -0.2) is 0 Å². The number of hydrogen-bond acceptors (Lipinski definition) is 5. The van der Waals surface area contributed by atoms with Crippen LogP contribution in [-0.4, -0.2) is 35.8 Å². The van der Waals surface area contributed by atoms with Crippen molar-refractivity contribution in [3.63, 3.8) is 0 Å². The minimum atomic E-state index is -0.343. The Morgan fingerprint density at radius 1 is 1.31 bits per heavy atom. The van der Waals surface area contributed by atoms with Gasteiger partial charge in [-0.3, -0.25) is 9.59 Å². The molecule has 16 heavy (non-hydrogen) atoms. The molecular formula is C10H15BrO5. The topological polar surface area (TPSA) is 61.8 Å². The summed E-state index contributed by atoms with van der Waals surface area (Å²) in [7, 11) is 0. The third-order valence-electron chi connectivity index (χ3n) is 2.12. The Kier molecular flexibility index (Phi) is 5.21. The van der Waals surface area contributed by atoms with E-state index in [9.17, 15) is 9.59 Å². The fraction of sp³-hybridized carbons (Fsp3) is 0.800. The second kappa shape index (κ2) is 6.20. The van der Waals surface area contributed by atoms with Crippen molar-refractivity contribution < 1.29 is 23.8 Å². The van der Waals surface area contributed by atoms with E-state index in [1.54, 1.807) is 0 Å². The van der Waals surface area contributed by atoms with Crippen molar-refractivity contribution in [2.75, 3.05) is 6.61 Å². The number of carbonyl (C=O) groups is 2. The molecule has 0 saturated carbocycles. The maximum Gasteiger partial charge on any atom is 0.302 e. The minimum Gasteiger partial charge on any atom is -0.463 e. The molecule has 1 heterocycles. The Bertz CT molecular complexity index is 268. The van der Waals surface area contributed by atoms with Crippen molar-refractivity contribution in [1.82, 2.24) is 0 Å². The molecule has 0 aromatic carbocycles. The molecule has 1 rings (SSSR count). The first-order valence-corrected chi connectivity index (χ1v) is 5.99. The molecule has 0 aliphatic carbocycles. The molecule has 1 saturated heterocycles. The molecule has 1 unspecified atom stereocenters. The lowest BCUT2D eigenvalue weighted by Gasteiger charge is -2.31. The van der Waals surface area contributed by atoms with Crippen molar-refractivity contribution >= 4 is 27.9 Å². The van der Waals surface area contributed by atoms with Crippen LogP contribution in [0, 0.1) is 0 Å². The van der Waals surface area contributed by atoms with Gasteiger partial charge in [0, 0.05) is 26.7 Å². The fourth-order valence-corrected chi connectivity index (χ4v) is 2.29. The van der Waals surface area contributed by atoms with E-state index < -0.39 is 0 Å². The van der Waals surface area contributed by atoms with Gasteiger partial charge in [-0.05, 0) is 0 Å². The van der Waals surface area contributed by atoms with Gasteiger partial charge in [-0.1, -0.05) is 15.9 Å². The van der Waals surface area contributed by atoms with Crippen molar-refractivity contribution in [3.05, 3.63) is 0 Å². The van der Waals surface area contributed by atoms with E-state index in [1.165, 1.54) is 13.8 Å². The van der Waals surface area contributed by atoms with E-state index in [4.69, 9.17) is 14.2 Å². The zero-order valence-electron chi connectivity index (χ0n) is 9.27. The van der Waals surface area contributed by atoms with E-state index in [0.717, 1.165) is 0 Å². The second-order valence-corrected chi connectivity index (χ2v) is 4.69. The smallest absolute Gasteiger partial charge is 0.302 e. The van der Waals surface area contributed by atoms with Gasteiger partial charge in [0.05, 0.1) is 6.10 Å². The maximum absolute atomic E-state index is 10.8. The van der Waals surface area contributed by atoms with Gasteiger partial charge in [0.2, 0.25) is 0 Å². The highest BCUT2D eigenvalue weighted by molar-refractivity contribution is 9.09. The van der Waals surface area contributed by atoms with Crippen molar-refractivity contribution in [2.45, 2.75) is 43.9 Å². The molecular weight excluding hydrogens is 280 g/mol. The van der Waals surface area contributed by atoms with Crippen LogP contribution in [0.4, 0.5) is 0 Å². The number of carbonyl (C=O) groups excluding carboxylic acids is 2. The molecule has 92 valence electrons. The van der Waals surface area contributed by atoms with Gasteiger partial charge in [-0.2, -0.15) is 0 Å². The highest BCUT2D eigenvalue weighted by Gasteiger charge is 2.30. The predicted molar refractivity (Wildman–Crippen MR) is 59.0 cm³/mol. The standard InChI is InChI=1S/C10H15BrO5/c1-6(12)14-5-9-3-8(15-7(2)13)4-10(11)16-9/h8-10H,3-5H2,1-2H3/t8-,9-,10?/m0/s1. The molecule has 0 aromatic heterocycles. The molecule has 0 radical (unpaired) electrons. The van der Waals surface area contributed by atoms with Gasteiger partial charge in [-0.15, -0.1) is 0 Å². The lowest BCUT2D eigenvalue weighted by molar-refractivity contribution is -0.161. The summed E-state index contributed by atoms with van der Waals surface area (Å²) >= 11 is 3.31. The first kappa shape index (κ1) is 13.4. The number of rotatable bonds is 3. The SMILES string of the molecule is CC(=O)OC[C@@H]1C[C@H](OC(C)=O)CC(Br)O1. The fourth-order valence-electron chi connectivity index (χ4n) is 1.56. The highest BCUT2D eigenvalue weighted by atomic mass is 79.9. The summed E-state index contributed by atoms with van der Waals surface area (Å²) < 4.78 is 15.5. The number of ether oxygens (including phenoxy) is 3. The summed E-state index contributed by atoms with van der Waals surface area (Å²) in [6, 6.07) is 0. The molecule has 5 nitrogen and oxygen atoms in total. The molecule has 0 amide bonds. The van der Waals surface area contributed by atoms with Crippen LogP contribution in [0.3, 0.4) is 0 Å². The Hall–Kier alpha value is -0.620. The third-order valence-corrected chi connectivity index (χ3v) is 2.71. The predicted octanol–water partition coefficient (Wildman–Crippen LogP) is 1.38.